The number of ether oxygens (including phenoxy) is 3. The summed E-state index contributed by atoms with van der Waals surface area (Å²) < 4.78 is 16.5. The van der Waals surface area contributed by atoms with Crippen LogP contribution in [0.2, 0.25) is 0 Å². The maximum atomic E-state index is 11.9. The first-order chi connectivity index (χ1) is 15.5. The van der Waals surface area contributed by atoms with E-state index in [2.05, 4.69) is 0 Å². The van der Waals surface area contributed by atoms with Crippen LogP contribution in [0.1, 0.15) is 18.1 Å². The van der Waals surface area contributed by atoms with Crippen molar-refractivity contribution in [3.63, 3.8) is 0 Å². The van der Waals surface area contributed by atoms with E-state index in [1.54, 1.807) is 43.0 Å². The van der Waals surface area contributed by atoms with Crippen LogP contribution >= 0.6 is 11.8 Å². The summed E-state index contributed by atoms with van der Waals surface area (Å²) in [6.45, 7) is 2.06. The van der Waals surface area contributed by atoms with E-state index in [1.165, 1.54) is 19.2 Å². The molecule has 0 saturated heterocycles. The molecule has 0 saturated carbocycles. The Hall–Kier alpha value is -3.52. The first-order valence-corrected chi connectivity index (χ1v) is 10.9. The lowest BCUT2D eigenvalue weighted by molar-refractivity contribution is -0.384. The molecule has 0 unspecified atom stereocenters. The summed E-state index contributed by atoms with van der Waals surface area (Å²) in [5.41, 5.74) is 1.37. The molecule has 0 spiro atoms. The summed E-state index contributed by atoms with van der Waals surface area (Å²) in [7, 11) is 1.52. The molecule has 0 aliphatic heterocycles. The molecule has 0 radical (unpaired) electrons. The van der Waals surface area contributed by atoms with Gasteiger partial charge in [0.15, 0.2) is 11.5 Å². The van der Waals surface area contributed by atoms with Gasteiger partial charge >= 0.3 is 5.97 Å². The van der Waals surface area contributed by atoms with Crippen LogP contribution < -0.4 is 9.47 Å². The Morgan fingerprint density at radius 2 is 1.75 bits per heavy atom. The van der Waals surface area contributed by atoms with E-state index in [0.717, 1.165) is 4.90 Å². The van der Waals surface area contributed by atoms with Gasteiger partial charge < -0.3 is 14.2 Å². The number of carbonyl (C=O) groups excluding carboxylic acids is 1. The molecule has 0 bridgehead atoms. The Morgan fingerprint density at radius 3 is 2.44 bits per heavy atom. The summed E-state index contributed by atoms with van der Waals surface area (Å²) in [4.78, 5) is 23.8. The first kappa shape index (κ1) is 23.1. The van der Waals surface area contributed by atoms with Gasteiger partial charge in [-0.15, -0.1) is 11.8 Å². The SMILES string of the molecule is CCOC(=O)Cc1ccc(OC)c(Oc2ccc([N+](=O)[O-])cc2CSc2ccccc2)c1. The maximum absolute atomic E-state index is 11.9. The Kier molecular flexibility index (Phi) is 8.10. The number of hydrogen-bond donors (Lipinski definition) is 0. The lowest BCUT2D eigenvalue weighted by atomic mass is 10.1. The number of hydrogen-bond acceptors (Lipinski definition) is 7. The lowest BCUT2D eigenvalue weighted by Gasteiger charge is -2.15. The van der Waals surface area contributed by atoms with Crippen LogP contribution in [0, 0.1) is 10.1 Å². The normalized spacial score (nSPS) is 10.4. The molecule has 7 nitrogen and oxygen atoms in total. The van der Waals surface area contributed by atoms with E-state index in [4.69, 9.17) is 14.2 Å². The van der Waals surface area contributed by atoms with Crippen molar-refractivity contribution in [2.75, 3.05) is 13.7 Å². The van der Waals surface area contributed by atoms with Gasteiger partial charge in [-0.25, -0.2) is 0 Å². The number of nitrogens with zero attached hydrogens (tertiary/aromatic N) is 1. The standard InChI is InChI=1S/C24H23NO6S/c1-3-30-24(26)14-17-9-11-22(29-2)23(13-17)31-21-12-10-19(25(27)28)15-18(21)16-32-20-7-5-4-6-8-20/h4-13,15H,3,14,16H2,1-2H3. The minimum atomic E-state index is -0.430. The first-order valence-electron chi connectivity index (χ1n) is 9.95. The van der Waals surface area contributed by atoms with Crippen LogP contribution in [-0.2, 0) is 21.7 Å². The molecule has 3 aromatic carbocycles. The van der Waals surface area contributed by atoms with E-state index in [9.17, 15) is 14.9 Å². The van der Waals surface area contributed by atoms with Crippen molar-refractivity contribution >= 4 is 23.4 Å². The Bertz CT molecular complexity index is 1090. The summed E-state index contributed by atoms with van der Waals surface area (Å²) in [5.74, 6) is 1.52. The van der Waals surface area contributed by atoms with Crippen molar-refractivity contribution in [3.8, 4) is 17.2 Å². The Balaban J connectivity index is 1.89. The number of carbonyl (C=O) groups is 1. The molecule has 0 aliphatic rings. The zero-order chi connectivity index (χ0) is 22.9. The second kappa shape index (κ2) is 11.2. The van der Waals surface area contributed by atoms with E-state index in [-0.39, 0.29) is 18.1 Å². The maximum Gasteiger partial charge on any atom is 0.310 e. The minimum Gasteiger partial charge on any atom is -0.493 e. The third-order valence-corrected chi connectivity index (χ3v) is 5.56. The largest absolute Gasteiger partial charge is 0.493 e. The summed E-state index contributed by atoms with van der Waals surface area (Å²) >= 11 is 1.55. The van der Waals surface area contributed by atoms with Gasteiger partial charge in [0.1, 0.15) is 5.75 Å². The fourth-order valence-electron chi connectivity index (χ4n) is 2.98. The van der Waals surface area contributed by atoms with Gasteiger partial charge in [0.2, 0.25) is 0 Å². The summed E-state index contributed by atoms with van der Waals surface area (Å²) in [5, 5.41) is 11.3. The van der Waals surface area contributed by atoms with Gasteiger partial charge in [0, 0.05) is 28.3 Å². The molecule has 0 fully saturated rings. The van der Waals surface area contributed by atoms with Crippen molar-refractivity contribution in [2.45, 2.75) is 24.0 Å². The van der Waals surface area contributed by atoms with Gasteiger partial charge in [0.05, 0.1) is 25.1 Å². The van der Waals surface area contributed by atoms with E-state index in [1.807, 2.05) is 30.3 Å². The third kappa shape index (κ3) is 6.24. The van der Waals surface area contributed by atoms with Crippen LogP contribution in [0.25, 0.3) is 0 Å². The molecule has 3 rings (SSSR count). The predicted molar refractivity (Wildman–Crippen MR) is 123 cm³/mol. The second-order valence-electron chi connectivity index (χ2n) is 6.72. The van der Waals surface area contributed by atoms with E-state index >= 15 is 0 Å². The molecular weight excluding hydrogens is 430 g/mol. The quantitative estimate of drug-likeness (QED) is 0.166. The molecule has 0 N–H and O–H groups in total. The number of nitro groups is 1. The lowest BCUT2D eigenvalue weighted by Crippen LogP contribution is -2.07. The van der Waals surface area contributed by atoms with Crippen LogP contribution in [0.15, 0.2) is 71.6 Å². The van der Waals surface area contributed by atoms with Gasteiger partial charge in [-0.2, -0.15) is 0 Å². The van der Waals surface area contributed by atoms with Gasteiger partial charge in [-0.05, 0) is 42.8 Å². The average Bonchev–Trinajstić information content (AvgIpc) is 2.79. The van der Waals surface area contributed by atoms with Crippen molar-refractivity contribution in [1.82, 2.24) is 0 Å². The number of benzene rings is 3. The third-order valence-electron chi connectivity index (χ3n) is 4.49. The summed E-state index contributed by atoms with van der Waals surface area (Å²) in [6.07, 6.45) is 0.102. The number of nitro benzene ring substituents is 1. The number of esters is 1. The van der Waals surface area contributed by atoms with Crippen LogP contribution in [0.4, 0.5) is 5.69 Å². The molecule has 8 heteroatoms. The predicted octanol–water partition coefficient (Wildman–Crippen LogP) is 5.79. The number of methoxy groups -OCH3 is 1. The topological polar surface area (TPSA) is 87.9 Å². The fraction of sp³-hybridized carbons (Fsp3) is 0.208. The van der Waals surface area contributed by atoms with E-state index in [0.29, 0.717) is 40.7 Å². The highest BCUT2D eigenvalue weighted by molar-refractivity contribution is 7.98. The van der Waals surface area contributed by atoms with Crippen molar-refractivity contribution in [1.29, 1.82) is 0 Å². The average molecular weight is 454 g/mol. The molecule has 0 aliphatic carbocycles. The zero-order valence-electron chi connectivity index (χ0n) is 17.8. The highest BCUT2D eigenvalue weighted by atomic mass is 32.2. The molecule has 0 atom stereocenters. The van der Waals surface area contributed by atoms with Crippen molar-refractivity contribution < 1.29 is 23.9 Å². The second-order valence-corrected chi connectivity index (χ2v) is 7.77. The van der Waals surface area contributed by atoms with Crippen LogP contribution in [0.3, 0.4) is 0 Å². The molecular formula is C24H23NO6S. The van der Waals surface area contributed by atoms with Crippen LogP contribution in [-0.4, -0.2) is 24.6 Å². The van der Waals surface area contributed by atoms with Crippen LogP contribution in [0.5, 0.6) is 17.2 Å². The monoisotopic (exact) mass is 453 g/mol. The highest BCUT2D eigenvalue weighted by Crippen LogP contribution is 2.37. The Morgan fingerprint density at radius 1 is 1.00 bits per heavy atom. The Labute approximate surface area is 190 Å². The van der Waals surface area contributed by atoms with Gasteiger partial charge in [0.25, 0.3) is 5.69 Å². The zero-order valence-corrected chi connectivity index (χ0v) is 18.6. The summed E-state index contributed by atoms with van der Waals surface area (Å²) in [6, 6.07) is 19.5. The molecule has 166 valence electrons. The van der Waals surface area contributed by atoms with Gasteiger partial charge in [-0.1, -0.05) is 24.3 Å². The number of thioether (sulfide) groups is 1. The van der Waals surface area contributed by atoms with Gasteiger partial charge in [-0.3, -0.25) is 14.9 Å². The molecule has 0 heterocycles. The van der Waals surface area contributed by atoms with Crippen molar-refractivity contribution in [3.05, 3.63) is 88.0 Å². The number of non-ortho nitro benzene ring substituents is 1. The molecule has 0 aromatic heterocycles. The molecule has 0 amide bonds. The highest BCUT2D eigenvalue weighted by Gasteiger charge is 2.16. The van der Waals surface area contributed by atoms with Crippen molar-refractivity contribution in [2.24, 2.45) is 0 Å². The van der Waals surface area contributed by atoms with E-state index < -0.39 is 4.92 Å². The fourth-order valence-corrected chi connectivity index (χ4v) is 3.87. The molecule has 32 heavy (non-hydrogen) atoms. The minimum absolute atomic E-state index is 0.0101. The smallest absolute Gasteiger partial charge is 0.310 e. The number of rotatable bonds is 10. The molecule has 3 aromatic rings.